The van der Waals surface area contributed by atoms with Gasteiger partial charge in [0.05, 0.1) is 10.3 Å². The van der Waals surface area contributed by atoms with Gasteiger partial charge in [-0.1, -0.05) is 56.2 Å². The van der Waals surface area contributed by atoms with Gasteiger partial charge in [-0.15, -0.1) is 0 Å². The Bertz CT molecular complexity index is 1390. The number of aromatic nitrogens is 3. The van der Waals surface area contributed by atoms with Gasteiger partial charge in [0.25, 0.3) is 10.0 Å². The number of nitrogens with one attached hydrogen (secondary N) is 1. The number of benzene rings is 2. The summed E-state index contributed by atoms with van der Waals surface area (Å²) < 4.78 is 28.7. The first-order valence-electron chi connectivity index (χ1n) is 10.4. The van der Waals surface area contributed by atoms with Gasteiger partial charge in [0.1, 0.15) is 0 Å². The van der Waals surface area contributed by atoms with E-state index in [0.717, 1.165) is 22.4 Å². The third-order valence-electron chi connectivity index (χ3n) is 5.09. The Hall–Kier alpha value is -3.32. The van der Waals surface area contributed by atoms with Crippen molar-refractivity contribution < 1.29 is 8.42 Å². The van der Waals surface area contributed by atoms with Crippen LogP contribution in [0.4, 0.5) is 5.82 Å². The van der Waals surface area contributed by atoms with Crippen molar-refractivity contribution in [2.45, 2.75) is 44.9 Å². The Morgan fingerprint density at radius 2 is 1.47 bits per heavy atom. The Kier molecular flexibility index (Phi) is 5.46. The van der Waals surface area contributed by atoms with Crippen molar-refractivity contribution in [1.82, 2.24) is 15.0 Å². The molecule has 4 rings (SSSR count). The largest absolute Gasteiger partial charge is 0.263 e. The molecule has 0 amide bonds. The Morgan fingerprint density at radius 1 is 0.812 bits per heavy atom. The third-order valence-corrected chi connectivity index (χ3v) is 6.45. The van der Waals surface area contributed by atoms with E-state index in [0.29, 0.717) is 16.9 Å². The van der Waals surface area contributed by atoms with E-state index in [-0.39, 0.29) is 16.1 Å². The zero-order valence-electron chi connectivity index (χ0n) is 18.8. The monoisotopic (exact) mass is 446 g/mol. The van der Waals surface area contributed by atoms with E-state index in [1.165, 1.54) is 0 Å². The second kappa shape index (κ2) is 7.98. The lowest BCUT2D eigenvalue weighted by Crippen LogP contribution is -2.16. The van der Waals surface area contributed by atoms with Gasteiger partial charge in [0.2, 0.25) is 0 Å². The molecule has 0 fully saturated rings. The van der Waals surface area contributed by atoms with Crippen LogP contribution < -0.4 is 4.72 Å². The molecule has 4 aromatic rings. The van der Waals surface area contributed by atoms with Gasteiger partial charge in [-0.05, 0) is 50.2 Å². The van der Waals surface area contributed by atoms with E-state index in [4.69, 9.17) is 9.97 Å². The molecule has 7 heteroatoms. The molecular formula is C25H26N4O2S. The van der Waals surface area contributed by atoms with E-state index in [9.17, 15) is 8.42 Å². The van der Waals surface area contributed by atoms with Crippen molar-refractivity contribution in [2.24, 2.45) is 0 Å². The second-order valence-electron chi connectivity index (χ2n) is 9.01. The summed E-state index contributed by atoms with van der Waals surface area (Å²) in [7, 11) is -3.83. The number of rotatable bonds is 4. The average molecular weight is 447 g/mol. The summed E-state index contributed by atoms with van der Waals surface area (Å²) in [5, 5.41) is 0.547. The quantitative estimate of drug-likeness (QED) is 0.453. The molecule has 0 saturated carbocycles. The molecule has 0 saturated heterocycles. The van der Waals surface area contributed by atoms with Crippen LogP contribution in [0, 0.1) is 13.8 Å². The van der Waals surface area contributed by atoms with Crippen LogP contribution in [0.25, 0.3) is 22.4 Å². The summed E-state index contributed by atoms with van der Waals surface area (Å²) in [6.45, 7) is 10.2. The standard InChI is InChI=1S/C25H26N4O2S/c1-16-13-17(2)15-18(14-16)22-27-23-20(11-12-21(26-23)25(3,4)5)24(28-22)29-32(30,31)19-9-7-6-8-10-19/h6-15H,1-5H3,(H,26,27,28,29). The number of fused-ring (bicyclic) bond motifs is 1. The highest BCUT2D eigenvalue weighted by Crippen LogP contribution is 2.29. The summed E-state index contributed by atoms with van der Waals surface area (Å²) in [5.41, 5.74) is 4.10. The minimum absolute atomic E-state index is 0.166. The van der Waals surface area contributed by atoms with Crippen LogP contribution in [-0.4, -0.2) is 23.4 Å². The number of sulfonamides is 1. The van der Waals surface area contributed by atoms with Crippen LogP contribution in [-0.2, 0) is 15.4 Å². The highest BCUT2D eigenvalue weighted by molar-refractivity contribution is 7.92. The molecule has 2 heterocycles. The van der Waals surface area contributed by atoms with E-state index < -0.39 is 10.0 Å². The van der Waals surface area contributed by atoms with Crippen LogP contribution in [0.3, 0.4) is 0 Å². The zero-order valence-corrected chi connectivity index (χ0v) is 19.7. The minimum atomic E-state index is -3.83. The molecule has 0 unspecified atom stereocenters. The maximum absolute atomic E-state index is 13.0. The predicted octanol–water partition coefficient (Wildman–Crippen LogP) is 5.41. The first-order valence-corrected chi connectivity index (χ1v) is 11.9. The Labute approximate surface area is 188 Å². The summed E-state index contributed by atoms with van der Waals surface area (Å²) in [4.78, 5) is 14.2. The number of nitrogens with zero attached hydrogens (tertiary/aromatic N) is 3. The molecule has 0 bridgehead atoms. The van der Waals surface area contributed by atoms with Crippen LogP contribution in [0.5, 0.6) is 0 Å². The lowest BCUT2D eigenvalue weighted by Gasteiger charge is -2.18. The normalized spacial score (nSPS) is 12.2. The summed E-state index contributed by atoms with van der Waals surface area (Å²) >= 11 is 0. The fourth-order valence-corrected chi connectivity index (χ4v) is 4.57. The van der Waals surface area contributed by atoms with Crippen LogP contribution >= 0.6 is 0 Å². The average Bonchev–Trinajstić information content (AvgIpc) is 2.72. The van der Waals surface area contributed by atoms with Gasteiger partial charge < -0.3 is 0 Å². The molecule has 0 aliphatic rings. The molecular weight excluding hydrogens is 420 g/mol. The predicted molar refractivity (Wildman–Crippen MR) is 128 cm³/mol. The van der Waals surface area contributed by atoms with Gasteiger partial charge in [-0.3, -0.25) is 4.72 Å². The molecule has 164 valence electrons. The molecule has 0 aliphatic heterocycles. The molecule has 0 radical (unpaired) electrons. The topological polar surface area (TPSA) is 84.8 Å². The molecule has 0 spiro atoms. The molecule has 32 heavy (non-hydrogen) atoms. The summed E-state index contributed by atoms with van der Waals surface area (Å²) in [5.74, 6) is 0.634. The van der Waals surface area contributed by atoms with Crippen LogP contribution in [0.2, 0.25) is 0 Å². The smallest absolute Gasteiger partial charge is 0.263 e. The van der Waals surface area contributed by atoms with Gasteiger partial charge in [-0.2, -0.15) is 0 Å². The summed E-state index contributed by atoms with van der Waals surface area (Å²) in [6.07, 6.45) is 0. The number of pyridine rings is 1. The second-order valence-corrected chi connectivity index (χ2v) is 10.7. The number of anilines is 1. The van der Waals surface area contributed by atoms with Crippen molar-refractivity contribution >= 4 is 26.9 Å². The van der Waals surface area contributed by atoms with Crippen LogP contribution in [0.1, 0.15) is 37.6 Å². The SMILES string of the molecule is Cc1cc(C)cc(-c2nc(NS(=O)(=O)c3ccccc3)c3ccc(C(C)(C)C)nc3n2)c1. The van der Waals surface area contributed by atoms with E-state index in [1.807, 2.05) is 38.1 Å². The van der Waals surface area contributed by atoms with Crippen molar-refractivity contribution in [1.29, 1.82) is 0 Å². The third kappa shape index (κ3) is 4.48. The molecule has 2 aromatic heterocycles. The minimum Gasteiger partial charge on any atom is -0.263 e. The zero-order chi connectivity index (χ0) is 23.1. The fraction of sp³-hybridized carbons (Fsp3) is 0.240. The first kappa shape index (κ1) is 21.9. The first-order chi connectivity index (χ1) is 15.0. The van der Waals surface area contributed by atoms with Crippen molar-refractivity contribution in [3.63, 3.8) is 0 Å². The highest BCUT2D eigenvalue weighted by atomic mass is 32.2. The van der Waals surface area contributed by atoms with Crippen molar-refractivity contribution in [2.75, 3.05) is 4.72 Å². The van der Waals surface area contributed by atoms with E-state index in [1.54, 1.807) is 30.3 Å². The lowest BCUT2D eigenvalue weighted by atomic mass is 9.91. The number of hydrogen-bond donors (Lipinski definition) is 1. The van der Waals surface area contributed by atoms with Gasteiger partial charge in [-0.25, -0.2) is 23.4 Å². The van der Waals surface area contributed by atoms with Gasteiger partial charge in [0.15, 0.2) is 17.3 Å². The summed E-state index contributed by atoms with van der Waals surface area (Å²) in [6, 6.07) is 18.0. The van der Waals surface area contributed by atoms with Crippen molar-refractivity contribution in [3.8, 4) is 11.4 Å². The Balaban J connectivity index is 1.94. The number of hydrogen-bond acceptors (Lipinski definition) is 5. The lowest BCUT2D eigenvalue weighted by molar-refractivity contribution is 0.571. The maximum Gasteiger partial charge on any atom is 0.263 e. The van der Waals surface area contributed by atoms with E-state index >= 15 is 0 Å². The molecule has 6 nitrogen and oxygen atoms in total. The Morgan fingerprint density at radius 3 is 2.09 bits per heavy atom. The highest BCUT2D eigenvalue weighted by Gasteiger charge is 2.21. The van der Waals surface area contributed by atoms with Crippen LogP contribution in [0.15, 0.2) is 65.6 Å². The van der Waals surface area contributed by atoms with Gasteiger partial charge in [0, 0.05) is 16.7 Å². The maximum atomic E-state index is 13.0. The molecule has 0 atom stereocenters. The molecule has 2 aromatic carbocycles. The van der Waals surface area contributed by atoms with Gasteiger partial charge >= 0.3 is 0 Å². The molecule has 0 aliphatic carbocycles. The van der Waals surface area contributed by atoms with E-state index in [2.05, 4.69) is 36.5 Å². The molecule has 1 N–H and O–H groups in total. The van der Waals surface area contributed by atoms with Crippen molar-refractivity contribution in [3.05, 3.63) is 77.5 Å². The fourth-order valence-electron chi connectivity index (χ4n) is 3.52. The number of aryl methyl sites for hydroxylation is 2.